The summed E-state index contributed by atoms with van der Waals surface area (Å²) in [5.41, 5.74) is 2.45. The fourth-order valence-corrected chi connectivity index (χ4v) is 1.08. The molecule has 0 heterocycles. The Morgan fingerprint density at radius 2 is 2.19 bits per heavy atom. The lowest BCUT2D eigenvalue weighted by Gasteiger charge is -2.08. The lowest BCUT2D eigenvalue weighted by atomic mass is 10.2. The summed E-state index contributed by atoms with van der Waals surface area (Å²) < 4.78 is 0. The van der Waals surface area contributed by atoms with Crippen LogP contribution in [0.2, 0.25) is 0 Å². The lowest BCUT2D eigenvalue weighted by Crippen LogP contribution is -2.43. The Kier molecular flexibility index (Phi) is 5.04. The number of amides is 1. The molecule has 0 saturated heterocycles. The first-order valence-electron chi connectivity index (χ1n) is 5.66. The number of guanidine groups is 1. The van der Waals surface area contributed by atoms with Gasteiger partial charge in [-0.2, -0.15) is 0 Å². The van der Waals surface area contributed by atoms with Crippen LogP contribution in [-0.2, 0) is 4.79 Å². The van der Waals surface area contributed by atoms with Crippen molar-refractivity contribution in [2.24, 2.45) is 16.8 Å². The lowest BCUT2D eigenvalue weighted by molar-refractivity contribution is -0.119. The fourth-order valence-electron chi connectivity index (χ4n) is 1.08. The molecule has 6 nitrogen and oxygen atoms in total. The summed E-state index contributed by atoms with van der Waals surface area (Å²) in [7, 11) is 0. The van der Waals surface area contributed by atoms with Crippen molar-refractivity contribution >= 4 is 11.9 Å². The van der Waals surface area contributed by atoms with Crippen LogP contribution < -0.4 is 21.9 Å². The summed E-state index contributed by atoms with van der Waals surface area (Å²) in [6.07, 6.45) is 2.28. The number of nitrogens with one attached hydrogen (secondary N) is 3. The smallest absolute Gasteiger partial charge is 0.241 e. The molecule has 1 fully saturated rings. The molecule has 1 saturated carbocycles. The maximum atomic E-state index is 11.4. The number of nitrogens with two attached hydrogens (primary N) is 1. The van der Waals surface area contributed by atoms with Crippen LogP contribution >= 0.6 is 0 Å². The summed E-state index contributed by atoms with van der Waals surface area (Å²) in [6.45, 7) is 4.87. The molecule has 5 N–H and O–H groups in total. The van der Waals surface area contributed by atoms with Crippen molar-refractivity contribution < 1.29 is 4.79 Å². The molecule has 0 radical (unpaired) electrons. The minimum absolute atomic E-state index is 0.0842. The molecule has 92 valence electrons. The first-order chi connectivity index (χ1) is 7.61. The molecule has 6 heteroatoms. The number of hydrogen-bond acceptors (Lipinski definition) is 3. The van der Waals surface area contributed by atoms with Gasteiger partial charge in [-0.3, -0.25) is 10.2 Å². The Morgan fingerprint density at radius 1 is 1.50 bits per heavy atom. The Morgan fingerprint density at radius 3 is 2.69 bits per heavy atom. The van der Waals surface area contributed by atoms with E-state index in [0.29, 0.717) is 24.5 Å². The van der Waals surface area contributed by atoms with Gasteiger partial charge in [0.25, 0.3) is 0 Å². The molecule has 0 aromatic heterocycles. The normalized spacial score (nSPS) is 16.1. The second kappa shape index (κ2) is 6.32. The predicted molar refractivity (Wildman–Crippen MR) is 63.6 cm³/mol. The van der Waals surface area contributed by atoms with E-state index in [-0.39, 0.29) is 12.5 Å². The number of hydrogen-bond donors (Lipinski definition) is 4. The molecule has 1 aliphatic rings. The van der Waals surface area contributed by atoms with E-state index in [2.05, 4.69) is 21.1 Å². The van der Waals surface area contributed by atoms with Crippen molar-refractivity contribution in [1.29, 1.82) is 0 Å². The zero-order valence-electron chi connectivity index (χ0n) is 9.92. The maximum absolute atomic E-state index is 11.4. The van der Waals surface area contributed by atoms with E-state index in [9.17, 15) is 4.79 Å². The molecular formula is C10H21N5O. The van der Waals surface area contributed by atoms with E-state index >= 15 is 0 Å². The molecule has 16 heavy (non-hydrogen) atoms. The van der Waals surface area contributed by atoms with E-state index in [0.717, 1.165) is 12.8 Å². The van der Waals surface area contributed by atoms with Gasteiger partial charge in [0.05, 0.1) is 0 Å². The SMILES string of the molecule is CC(C)CNC(=O)CN=C(NN)NC1CC1. The van der Waals surface area contributed by atoms with Gasteiger partial charge in [0.2, 0.25) is 11.9 Å². The van der Waals surface area contributed by atoms with Crippen LogP contribution in [0.4, 0.5) is 0 Å². The predicted octanol–water partition coefficient (Wildman–Crippen LogP) is -0.670. The molecule has 0 aromatic carbocycles. The van der Waals surface area contributed by atoms with E-state index < -0.39 is 0 Å². The van der Waals surface area contributed by atoms with Gasteiger partial charge < -0.3 is 10.6 Å². The Hall–Kier alpha value is -1.30. The number of carbonyl (C=O) groups excluding carboxylic acids is 1. The second-order valence-electron chi connectivity index (χ2n) is 4.43. The van der Waals surface area contributed by atoms with E-state index in [1.165, 1.54) is 0 Å². The van der Waals surface area contributed by atoms with Crippen LogP contribution in [0.25, 0.3) is 0 Å². The van der Waals surface area contributed by atoms with Crippen LogP contribution in [0.5, 0.6) is 0 Å². The third-order valence-corrected chi connectivity index (χ3v) is 2.14. The second-order valence-corrected chi connectivity index (χ2v) is 4.43. The highest BCUT2D eigenvalue weighted by atomic mass is 16.1. The van der Waals surface area contributed by atoms with Crippen LogP contribution in [0, 0.1) is 5.92 Å². The van der Waals surface area contributed by atoms with Gasteiger partial charge in [-0.1, -0.05) is 13.8 Å². The molecular weight excluding hydrogens is 206 g/mol. The average molecular weight is 227 g/mol. The number of carbonyl (C=O) groups is 1. The Bertz CT molecular complexity index is 260. The van der Waals surface area contributed by atoms with Crippen molar-refractivity contribution in [3.63, 3.8) is 0 Å². The summed E-state index contributed by atoms with van der Waals surface area (Å²) in [5.74, 6) is 6.13. The summed E-state index contributed by atoms with van der Waals surface area (Å²) in [4.78, 5) is 15.4. The van der Waals surface area contributed by atoms with Gasteiger partial charge in [-0.25, -0.2) is 10.8 Å². The minimum atomic E-state index is -0.0842. The molecule has 0 aliphatic heterocycles. The zero-order chi connectivity index (χ0) is 12.0. The van der Waals surface area contributed by atoms with Gasteiger partial charge in [-0.15, -0.1) is 0 Å². The van der Waals surface area contributed by atoms with Gasteiger partial charge in [0.1, 0.15) is 6.54 Å². The first kappa shape index (κ1) is 12.8. The highest BCUT2D eigenvalue weighted by molar-refractivity contribution is 5.84. The highest BCUT2D eigenvalue weighted by Gasteiger charge is 2.22. The van der Waals surface area contributed by atoms with Crippen molar-refractivity contribution in [3.8, 4) is 0 Å². The number of nitrogens with zero attached hydrogens (tertiary/aromatic N) is 1. The quantitative estimate of drug-likeness (QED) is 0.217. The topological polar surface area (TPSA) is 91.5 Å². The van der Waals surface area contributed by atoms with Gasteiger partial charge in [0.15, 0.2) is 0 Å². The monoisotopic (exact) mass is 227 g/mol. The fraction of sp³-hybridized carbons (Fsp3) is 0.800. The van der Waals surface area contributed by atoms with Crippen molar-refractivity contribution in [2.45, 2.75) is 32.7 Å². The van der Waals surface area contributed by atoms with Crippen molar-refractivity contribution in [1.82, 2.24) is 16.1 Å². The molecule has 0 aromatic rings. The summed E-state index contributed by atoms with van der Waals surface area (Å²) in [5, 5.41) is 5.88. The van der Waals surface area contributed by atoms with E-state index in [1.807, 2.05) is 13.8 Å². The Balaban J connectivity index is 2.22. The van der Waals surface area contributed by atoms with Crippen LogP contribution in [0.15, 0.2) is 4.99 Å². The number of rotatable bonds is 5. The zero-order valence-corrected chi connectivity index (χ0v) is 9.92. The van der Waals surface area contributed by atoms with Crippen LogP contribution in [0.3, 0.4) is 0 Å². The first-order valence-corrected chi connectivity index (χ1v) is 5.66. The maximum Gasteiger partial charge on any atom is 0.241 e. The molecule has 0 spiro atoms. The average Bonchev–Trinajstić information content (AvgIpc) is 3.04. The van der Waals surface area contributed by atoms with Crippen molar-refractivity contribution in [2.75, 3.05) is 13.1 Å². The molecule has 0 unspecified atom stereocenters. The Labute approximate surface area is 96.0 Å². The summed E-state index contributed by atoms with van der Waals surface area (Å²) >= 11 is 0. The van der Waals surface area contributed by atoms with Gasteiger partial charge in [0, 0.05) is 12.6 Å². The standard InChI is InChI=1S/C10H21N5O/c1-7(2)5-12-9(16)6-13-10(15-11)14-8-3-4-8/h7-8H,3-6,11H2,1-2H3,(H,12,16)(H2,13,14,15). The molecule has 0 atom stereocenters. The number of aliphatic imine (C=N–C) groups is 1. The molecule has 1 aliphatic carbocycles. The molecule has 1 amide bonds. The molecule has 1 rings (SSSR count). The van der Waals surface area contributed by atoms with E-state index in [4.69, 9.17) is 5.84 Å². The highest BCUT2D eigenvalue weighted by Crippen LogP contribution is 2.18. The largest absolute Gasteiger partial charge is 0.354 e. The minimum Gasteiger partial charge on any atom is -0.354 e. The van der Waals surface area contributed by atoms with Crippen LogP contribution in [0.1, 0.15) is 26.7 Å². The molecule has 0 bridgehead atoms. The third kappa shape index (κ3) is 5.55. The van der Waals surface area contributed by atoms with Gasteiger partial charge >= 0.3 is 0 Å². The summed E-state index contributed by atoms with van der Waals surface area (Å²) in [6, 6.07) is 0.466. The van der Waals surface area contributed by atoms with E-state index in [1.54, 1.807) is 0 Å². The van der Waals surface area contributed by atoms with Crippen molar-refractivity contribution in [3.05, 3.63) is 0 Å². The third-order valence-electron chi connectivity index (χ3n) is 2.14. The van der Waals surface area contributed by atoms with Gasteiger partial charge in [-0.05, 0) is 18.8 Å². The van der Waals surface area contributed by atoms with Crippen LogP contribution in [-0.4, -0.2) is 31.0 Å². The number of hydrazine groups is 1.